The Morgan fingerprint density at radius 1 is 0.917 bits per heavy atom. The second-order valence-corrected chi connectivity index (χ2v) is 9.00. The number of aromatic amines is 1. The van der Waals surface area contributed by atoms with Gasteiger partial charge < -0.3 is 14.6 Å². The quantitative estimate of drug-likeness (QED) is 0.392. The number of nitrogens with zero attached hydrogens (tertiary/aromatic N) is 1. The molecule has 2 unspecified atom stereocenters. The number of aliphatic hydroxyl groups excluding tert-OH is 1. The molecule has 1 aliphatic rings. The summed E-state index contributed by atoms with van der Waals surface area (Å²) in [6, 6.07) is 29.9. The van der Waals surface area contributed by atoms with Crippen LogP contribution in [-0.2, 0) is 15.1 Å². The summed E-state index contributed by atoms with van der Waals surface area (Å²) >= 11 is 0. The summed E-state index contributed by atoms with van der Waals surface area (Å²) in [4.78, 5) is 26.4. The average Bonchev–Trinajstić information content (AvgIpc) is 3.28. The van der Waals surface area contributed by atoms with E-state index in [0.717, 1.165) is 16.7 Å². The molecule has 184 valence electrons. The van der Waals surface area contributed by atoms with E-state index in [0.29, 0.717) is 5.56 Å². The van der Waals surface area contributed by atoms with Gasteiger partial charge in [-0.1, -0.05) is 91.0 Å². The number of nitrogens with one attached hydrogen (secondary N) is 1. The molecule has 4 aromatic rings. The third-order valence-electron chi connectivity index (χ3n) is 6.67. The van der Waals surface area contributed by atoms with Crippen molar-refractivity contribution in [2.24, 2.45) is 0 Å². The molecule has 0 spiro atoms. The summed E-state index contributed by atoms with van der Waals surface area (Å²) in [5.41, 5.74) is 1.26. The number of rotatable bonds is 7. The van der Waals surface area contributed by atoms with Crippen LogP contribution in [0.25, 0.3) is 0 Å². The predicted octanol–water partition coefficient (Wildman–Crippen LogP) is 3.50. The highest BCUT2D eigenvalue weighted by Crippen LogP contribution is 2.41. The van der Waals surface area contributed by atoms with Crippen molar-refractivity contribution in [1.29, 1.82) is 0 Å². The van der Waals surface area contributed by atoms with Gasteiger partial charge in [0.1, 0.15) is 17.9 Å². The van der Waals surface area contributed by atoms with Gasteiger partial charge in [0.15, 0.2) is 0 Å². The SMILES string of the molecule is Cc1cn(C2CC(O)[C@@H](COC(c3ccccc3)(c3ccccc3)c3ccccc3)O2)c(=O)[nH]c1=O. The lowest BCUT2D eigenvalue weighted by Crippen LogP contribution is -2.38. The van der Waals surface area contributed by atoms with Crippen molar-refractivity contribution in [3.8, 4) is 0 Å². The van der Waals surface area contributed by atoms with E-state index in [1.165, 1.54) is 10.8 Å². The molecule has 5 rings (SSSR count). The average molecular weight is 485 g/mol. The van der Waals surface area contributed by atoms with Gasteiger partial charge >= 0.3 is 5.69 Å². The fraction of sp³-hybridized carbons (Fsp3) is 0.241. The molecular weight excluding hydrogens is 456 g/mol. The summed E-state index contributed by atoms with van der Waals surface area (Å²) in [5, 5.41) is 10.9. The molecule has 2 heterocycles. The zero-order valence-corrected chi connectivity index (χ0v) is 19.9. The van der Waals surface area contributed by atoms with Crippen LogP contribution in [0.2, 0.25) is 0 Å². The minimum absolute atomic E-state index is 0.0768. The Balaban J connectivity index is 1.50. The lowest BCUT2D eigenvalue weighted by atomic mass is 9.80. The molecule has 7 heteroatoms. The predicted molar refractivity (Wildman–Crippen MR) is 136 cm³/mol. The number of hydrogen-bond acceptors (Lipinski definition) is 5. The molecule has 3 atom stereocenters. The maximum absolute atomic E-state index is 12.4. The van der Waals surface area contributed by atoms with Gasteiger partial charge in [0.2, 0.25) is 0 Å². The lowest BCUT2D eigenvalue weighted by Gasteiger charge is -2.37. The second kappa shape index (κ2) is 10.1. The molecule has 1 aromatic heterocycles. The van der Waals surface area contributed by atoms with Crippen LogP contribution in [0.4, 0.5) is 0 Å². The van der Waals surface area contributed by atoms with E-state index in [1.54, 1.807) is 6.92 Å². The van der Waals surface area contributed by atoms with Crippen molar-refractivity contribution >= 4 is 0 Å². The van der Waals surface area contributed by atoms with Crippen molar-refractivity contribution < 1.29 is 14.6 Å². The second-order valence-electron chi connectivity index (χ2n) is 9.00. The minimum Gasteiger partial charge on any atom is -0.390 e. The molecule has 7 nitrogen and oxygen atoms in total. The van der Waals surface area contributed by atoms with E-state index in [1.807, 2.05) is 91.0 Å². The number of benzene rings is 3. The Morgan fingerprint density at radius 2 is 1.42 bits per heavy atom. The molecule has 1 fully saturated rings. The van der Waals surface area contributed by atoms with Crippen molar-refractivity contribution in [2.45, 2.75) is 37.4 Å². The summed E-state index contributed by atoms with van der Waals surface area (Å²) in [6.07, 6.45) is -0.576. The van der Waals surface area contributed by atoms with Crippen LogP contribution in [0, 0.1) is 6.92 Å². The largest absolute Gasteiger partial charge is 0.390 e. The molecule has 3 aromatic carbocycles. The zero-order valence-electron chi connectivity index (χ0n) is 19.9. The third-order valence-corrected chi connectivity index (χ3v) is 6.67. The third kappa shape index (κ3) is 4.44. The van der Waals surface area contributed by atoms with E-state index in [2.05, 4.69) is 4.98 Å². The summed E-state index contributed by atoms with van der Waals surface area (Å²) < 4.78 is 14.2. The van der Waals surface area contributed by atoms with E-state index in [9.17, 15) is 14.7 Å². The molecule has 1 aliphatic heterocycles. The highest BCUT2D eigenvalue weighted by molar-refractivity contribution is 5.47. The van der Waals surface area contributed by atoms with Crippen molar-refractivity contribution in [3.63, 3.8) is 0 Å². The van der Waals surface area contributed by atoms with Crippen molar-refractivity contribution in [2.75, 3.05) is 6.61 Å². The molecule has 0 radical (unpaired) electrons. The first kappa shape index (κ1) is 23.9. The van der Waals surface area contributed by atoms with Gasteiger partial charge in [-0.05, 0) is 23.6 Å². The maximum atomic E-state index is 12.4. The summed E-state index contributed by atoms with van der Waals surface area (Å²) in [5.74, 6) is 0. The van der Waals surface area contributed by atoms with Gasteiger partial charge in [0.05, 0.1) is 12.7 Å². The molecule has 2 N–H and O–H groups in total. The van der Waals surface area contributed by atoms with Crippen LogP contribution in [-0.4, -0.2) is 33.5 Å². The van der Waals surface area contributed by atoms with Crippen LogP contribution in [0.3, 0.4) is 0 Å². The van der Waals surface area contributed by atoms with E-state index in [4.69, 9.17) is 9.47 Å². The maximum Gasteiger partial charge on any atom is 0.330 e. The topological polar surface area (TPSA) is 93.6 Å². The molecule has 0 aliphatic carbocycles. The van der Waals surface area contributed by atoms with Crippen molar-refractivity contribution in [3.05, 3.63) is 140 Å². The van der Waals surface area contributed by atoms with Gasteiger partial charge in [0.25, 0.3) is 5.56 Å². The van der Waals surface area contributed by atoms with Gasteiger partial charge in [-0.15, -0.1) is 0 Å². The Labute approximate surface area is 208 Å². The van der Waals surface area contributed by atoms with Crippen LogP contribution < -0.4 is 11.2 Å². The number of ether oxygens (including phenoxy) is 2. The minimum atomic E-state index is -0.948. The Bertz CT molecular complexity index is 1320. The first-order valence-electron chi connectivity index (χ1n) is 11.9. The summed E-state index contributed by atoms with van der Waals surface area (Å²) in [7, 11) is 0. The molecule has 0 saturated carbocycles. The molecule has 36 heavy (non-hydrogen) atoms. The van der Waals surface area contributed by atoms with Gasteiger partial charge in [-0.25, -0.2) is 4.79 Å². The number of aliphatic hydroxyl groups is 1. The zero-order chi connectivity index (χ0) is 25.1. The molecule has 0 amide bonds. The fourth-order valence-electron chi connectivity index (χ4n) is 4.81. The lowest BCUT2D eigenvalue weighted by molar-refractivity contribution is -0.0944. The van der Waals surface area contributed by atoms with Crippen molar-refractivity contribution in [1.82, 2.24) is 9.55 Å². The highest BCUT2D eigenvalue weighted by Gasteiger charge is 2.41. The smallest absolute Gasteiger partial charge is 0.330 e. The number of H-pyrrole nitrogens is 1. The first-order valence-corrected chi connectivity index (χ1v) is 11.9. The number of aryl methyl sites for hydroxylation is 1. The van der Waals surface area contributed by atoms with Crippen LogP contribution in [0.5, 0.6) is 0 Å². The molecule has 0 bridgehead atoms. The van der Waals surface area contributed by atoms with E-state index < -0.39 is 35.3 Å². The molecular formula is C29H28N2O5. The van der Waals surface area contributed by atoms with Crippen LogP contribution >= 0.6 is 0 Å². The number of aromatic nitrogens is 2. The van der Waals surface area contributed by atoms with E-state index in [-0.39, 0.29) is 13.0 Å². The number of hydrogen-bond donors (Lipinski definition) is 2. The monoisotopic (exact) mass is 484 g/mol. The standard InChI is InChI=1S/C29H28N2O5/c1-20-18-31(28(34)30-27(20)33)26-17-24(32)25(36-26)19-35-29(21-11-5-2-6-12-21,22-13-7-3-8-14-22)23-15-9-4-10-16-23/h2-16,18,24-26,32H,17,19H2,1H3,(H,30,33,34)/t24?,25-,26?/m1/s1. The van der Waals surface area contributed by atoms with E-state index >= 15 is 0 Å². The van der Waals surface area contributed by atoms with Gasteiger partial charge in [-0.3, -0.25) is 14.3 Å². The Morgan fingerprint density at radius 3 is 1.92 bits per heavy atom. The Hall–Kier alpha value is -3.78. The Kier molecular flexibility index (Phi) is 6.69. The van der Waals surface area contributed by atoms with Gasteiger partial charge in [0, 0.05) is 18.2 Å². The fourth-order valence-corrected chi connectivity index (χ4v) is 4.81. The normalized spacial score (nSPS) is 19.9. The first-order chi connectivity index (χ1) is 17.5. The van der Waals surface area contributed by atoms with Gasteiger partial charge in [-0.2, -0.15) is 0 Å². The highest BCUT2D eigenvalue weighted by atomic mass is 16.6. The van der Waals surface area contributed by atoms with Crippen LogP contribution in [0.1, 0.15) is 34.9 Å². The summed E-state index contributed by atoms with van der Waals surface area (Å²) in [6.45, 7) is 1.70. The molecule has 1 saturated heterocycles. The van der Waals surface area contributed by atoms with Crippen LogP contribution in [0.15, 0.2) is 107 Å².